The van der Waals surface area contributed by atoms with Gasteiger partial charge in [0.2, 0.25) is 0 Å². The van der Waals surface area contributed by atoms with Crippen LogP contribution in [0.1, 0.15) is 30.9 Å². The molecule has 2 atom stereocenters. The number of nitrogens with zero attached hydrogens (tertiary/aromatic N) is 2. The Bertz CT molecular complexity index is 427. The fraction of sp³-hybridized carbons (Fsp3) is 0.625. The molecule has 0 aromatic heterocycles. The molecular formula is C16H25ClN2O. The average molecular weight is 297 g/mol. The smallest absolute Gasteiger partial charge is 0.0816 e. The Balaban J connectivity index is 1.83. The first-order valence-corrected chi connectivity index (χ1v) is 7.77. The molecule has 20 heavy (non-hydrogen) atoms. The monoisotopic (exact) mass is 296 g/mol. The first-order chi connectivity index (χ1) is 9.58. The van der Waals surface area contributed by atoms with Gasteiger partial charge in [-0.05, 0) is 51.5 Å². The van der Waals surface area contributed by atoms with Crippen LogP contribution < -0.4 is 0 Å². The molecule has 1 aliphatic rings. The van der Waals surface area contributed by atoms with Crippen molar-refractivity contribution >= 4 is 11.6 Å². The number of benzene rings is 1. The van der Waals surface area contributed by atoms with Gasteiger partial charge in [0.25, 0.3) is 0 Å². The second-order valence-corrected chi connectivity index (χ2v) is 6.27. The normalized spacial score (nSPS) is 22.1. The zero-order valence-corrected chi connectivity index (χ0v) is 13.2. The van der Waals surface area contributed by atoms with E-state index in [2.05, 4.69) is 23.9 Å². The SMILES string of the molecule is CN1CCCC(N(C)CCC(O)c2ccccc2Cl)C1. The van der Waals surface area contributed by atoms with E-state index in [0.717, 1.165) is 25.1 Å². The summed E-state index contributed by atoms with van der Waals surface area (Å²) in [6.07, 6.45) is 2.76. The first kappa shape index (κ1) is 15.8. The van der Waals surface area contributed by atoms with E-state index in [1.54, 1.807) is 0 Å². The zero-order chi connectivity index (χ0) is 14.5. The van der Waals surface area contributed by atoms with Gasteiger partial charge >= 0.3 is 0 Å². The summed E-state index contributed by atoms with van der Waals surface area (Å²) in [6, 6.07) is 8.15. The molecule has 0 amide bonds. The Morgan fingerprint density at radius 2 is 2.20 bits per heavy atom. The minimum Gasteiger partial charge on any atom is -0.388 e. The Morgan fingerprint density at radius 3 is 2.90 bits per heavy atom. The molecule has 1 aromatic rings. The molecule has 0 spiro atoms. The van der Waals surface area contributed by atoms with E-state index < -0.39 is 6.10 Å². The van der Waals surface area contributed by atoms with Gasteiger partial charge in [0.05, 0.1) is 6.10 Å². The van der Waals surface area contributed by atoms with E-state index in [9.17, 15) is 5.11 Å². The Labute approximate surface area is 127 Å². The third kappa shape index (κ3) is 4.19. The number of hydrogen-bond donors (Lipinski definition) is 1. The van der Waals surface area contributed by atoms with Gasteiger partial charge in [-0.1, -0.05) is 29.8 Å². The fourth-order valence-electron chi connectivity index (χ4n) is 2.91. The zero-order valence-electron chi connectivity index (χ0n) is 12.4. The van der Waals surface area contributed by atoms with Crippen LogP contribution in [0.15, 0.2) is 24.3 Å². The van der Waals surface area contributed by atoms with Gasteiger partial charge in [-0.2, -0.15) is 0 Å². The summed E-state index contributed by atoms with van der Waals surface area (Å²) in [6.45, 7) is 3.22. The van der Waals surface area contributed by atoms with Crippen molar-refractivity contribution in [2.45, 2.75) is 31.4 Å². The van der Waals surface area contributed by atoms with Crippen LogP contribution in [0.5, 0.6) is 0 Å². The molecule has 112 valence electrons. The van der Waals surface area contributed by atoms with Crippen LogP contribution >= 0.6 is 11.6 Å². The van der Waals surface area contributed by atoms with Crippen molar-refractivity contribution in [1.82, 2.24) is 9.80 Å². The van der Waals surface area contributed by atoms with Crippen LogP contribution in [0.2, 0.25) is 5.02 Å². The highest BCUT2D eigenvalue weighted by molar-refractivity contribution is 6.31. The summed E-state index contributed by atoms with van der Waals surface area (Å²) in [5, 5.41) is 10.9. The fourth-order valence-corrected chi connectivity index (χ4v) is 3.17. The second-order valence-electron chi connectivity index (χ2n) is 5.86. The third-order valence-electron chi connectivity index (χ3n) is 4.24. The van der Waals surface area contributed by atoms with Crippen molar-refractivity contribution in [3.05, 3.63) is 34.9 Å². The summed E-state index contributed by atoms with van der Waals surface area (Å²) < 4.78 is 0. The molecule has 0 bridgehead atoms. The number of hydrogen-bond acceptors (Lipinski definition) is 3. The molecule has 4 heteroatoms. The molecule has 2 rings (SSSR count). The molecular weight excluding hydrogens is 272 g/mol. The minimum absolute atomic E-state index is 0.479. The summed E-state index contributed by atoms with van der Waals surface area (Å²) in [4.78, 5) is 4.75. The Kier molecular flexibility index (Phi) is 5.85. The van der Waals surface area contributed by atoms with Gasteiger partial charge in [-0.25, -0.2) is 0 Å². The summed E-state index contributed by atoms with van der Waals surface area (Å²) in [7, 11) is 4.34. The summed E-state index contributed by atoms with van der Waals surface area (Å²) in [5.74, 6) is 0. The number of halogens is 1. The van der Waals surface area contributed by atoms with Gasteiger partial charge < -0.3 is 14.9 Å². The highest BCUT2D eigenvalue weighted by Crippen LogP contribution is 2.25. The van der Waals surface area contributed by atoms with Gasteiger partial charge in [0.1, 0.15) is 0 Å². The van der Waals surface area contributed by atoms with Gasteiger partial charge in [0, 0.05) is 24.2 Å². The van der Waals surface area contributed by atoms with E-state index in [0.29, 0.717) is 11.1 Å². The van der Waals surface area contributed by atoms with E-state index in [1.165, 1.54) is 19.4 Å². The quantitative estimate of drug-likeness (QED) is 0.905. The molecule has 1 aliphatic heterocycles. The maximum atomic E-state index is 10.3. The average Bonchev–Trinajstić information content (AvgIpc) is 2.45. The van der Waals surface area contributed by atoms with Crippen molar-refractivity contribution < 1.29 is 5.11 Å². The van der Waals surface area contributed by atoms with Crippen molar-refractivity contribution in [3.63, 3.8) is 0 Å². The molecule has 0 saturated carbocycles. The standard InChI is InChI=1S/C16H25ClN2O/c1-18-10-5-6-13(12-18)19(2)11-9-16(20)14-7-3-4-8-15(14)17/h3-4,7-8,13,16,20H,5-6,9-12H2,1-2H3. The molecule has 1 N–H and O–H groups in total. The van der Waals surface area contributed by atoms with Crippen LogP contribution in [0.25, 0.3) is 0 Å². The van der Waals surface area contributed by atoms with Crippen LogP contribution in [0.4, 0.5) is 0 Å². The number of piperidine rings is 1. The Morgan fingerprint density at radius 1 is 1.45 bits per heavy atom. The summed E-state index contributed by atoms with van der Waals surface area (Å²) >= 11 is 6.12. The lowest BCUT2D eigenvalue weighted by Gasteiger charge is -2.36. The number of likely N-dealkylation sites (tertiary alicyclic amines) is 1. The van der Waals surface area contributed by atoms with Gasteiger partial charge in [-0.3, -0.25) is 0 Å². The highest BCUT2D eigenvalue weighted by atomic mass is 35.5. The molecule has 0 aliphatic carbocycles. The lowest BCUT2D eigenvalue weighted by Crippen LogP contribution is -2.45. The van der Waals surface area contributed by atoms with Crippen LogP contribution in [-0.4, -0.2) is 54.7 Å². The maximum Gasteiger partial charge on any atom is 0.0816 e. The molecule has 0 radical (unpaired) electrons. The van der Waals surface area contributed by atoms with E-state index >= 15 is 0 Å². The number of aliphatic hydroxyl groups is 1. The van der Waals surface area contributed by atoms with Gasteiger partial charge in [0.15, 0.2) is 0 Å². The van der Waals surface area contributed by atoms with Crippen molar-refractivity contribution in [2.24, 2.45) is 0 Å². The number of likely N-dealkylation sites (N-methyl/N-ethyl adjacent to an activating group) is 2. The largest absolute Gasteiger partial charge is 0.388 e. The number of aliphatic hydroxyl groups excluding tert-OH is 1. The van der Waals surface area contributed by atoms with Crippen molar-refractivity contribution in [1.29, 1.82) is 0 Å². The maximum absolute atomic E-state index is 10.3. The van der Waals surface area contributed by atoms with Gasteiger partial charge in [-0.15, -0.1) is 0 Å². The molecule has 1 aromatic carbocycles. The molecule has 1 heterocycles. The first-order valence-electron chi connectivity index (χ1n) is 7.39. The lowest BCUT2D eigenvalue weighted by atomic mass is 10.0. The van der Waals surface area contributed by atoms with Crippen molar-refractivity contribution in [3.8, 4) is 0 Å². The van der Waals surface area contributed by atoms with E-state index in [1.807, 2.05) is 24.3 Å². The summed E-state index contributed by atoms with van der Waals surface area (Å²) in [5.41, 5.74) is 0.836. The number of rotatable bonds is 5. The molecule has 1 saturated heterocycles. The van der Waals surface area contributed by atoms with Crippen molar-refractivity contribution in [2.75, 3.05) is 33.7 Å². The lowest BCUT2D eigenvalue weighted by molar-refractivity contribution is 0.104. The second kappa shape index (κ2) is 7.41. The highest BCUT2D eigenvalue weighted by Gasteiger charge is 2.21. The van der Waals surface area contributed by atoms with Crippen LogP contribution in [0, 0.1) is 0 Å². The third-order valence-corrected chi connectivity index (χ3v) is 4.59. The predicted octanol–water partition coefficient (Wildman–Crippen LogP) is 2.79. The van der Waals surface area contributed by atoms with E-state index in [-0.39, 0.29) is 0 Å². The van der Waals surface area contributed by atoms with Crippen LogP contribution in [0.3, 0.4) is 0 Å². The van der Waals surface area contributed by atoms with Crippen LogP contribution in [-0.2, 0) is 0 Å². The predicted molar refractivity (Wildman–Crippen MR) is 84.2 cm³/mol. The Hall–Kier alpha value is -0.610. The van der Waals surface area contributed by atoms with E-state index in [4.69, 9.17) is 11.6 Å². The molecule has 2 unspecified atom stereocenters. The topological polar surface area (TPSA) is 26.7 Å². The minimum atomic E-state index is -0.479. The molecule has 1 fully saturated rings. The molecule has 3 nitrogen and oxygen atoms in total.